The first-order chi connectivity index (χ1) is 9.97. The van der Waals surface area contributed by atoms with E-state index in [1.165, 1.54) is 0 Å². The highest BCUT2D eigenvalue weighted by molar-refractivity contribution is 5.62. The van der Waals surface area contributed by atoms with Crippen LogP contribution in [0.1, 0.15) is 31.2 Å². The van der Waals surface area contributed by atoms with Crippen molar-refractivity contribution in [3.8, 4) is 11.3 Å². The monoisotopic (exact) mass is 285 g/mol. The van der Waals surface area contributed by atoms with E-state index < -0.39 is 5.82 Å². The summed E-state index contributed by atoms with van der Waals surface area (Å²) >= 11 is 0. The van der Waals surface area contributed by atoms with Crippen LogP contribution in [0.2, 0.25) is 0 Å². The Hall–Kier alpha value is -2.50. The highest BCUT2D eigenvalue weighted by atomic mass is 19.1. The van der Waals surface area contributed by atoms with Crippen molar-refractivity contribution in [3.05, 3.63) is 41.7 Å². The largest absolute Gasteiger partial charge is 0.368 e. The minimum Gasteiger partial charge on any atom is -0.368 e. The van der Waals surface area contributed by atoms with Crippen molar-refractivity contribution in [1.82, 2.24) is 19.4 Å². The number of halogens is 1. The van der Waals surface area contributed by atoms with Gasteiger partial charge in [0.05, 0.1) is 11.9 Å². The molecule has 3 aromatic heterocycles. The fourth-order valence-corrected chi connectivity index (χ4v) is 2.60. The molecule has 0 aliphatic carbocycles. The fourth-order valence-electron chi connectivity index (χ4n) is 2.60. The smallest absolute Gasteiger partial charge is 0.220 e. The van der Waals surface area contributed by atoms with E-state index in [1.54, 1.807) is 6.07 Å². The van der Waals surface area contributed by atoms with Gasteiger partial charge in [0.15, 0.2) is 5.82 Å². The van der Waals surface area contributed by atoms with Crippen LogP contribution in [0.5, 0.6) is 0 Å². The SMILES string of the molecule is Cc1nc2ccc(-c3nc(N)ncc3F)cn2c1C(C)C. The van der Waals surface area contributed by atoms with E-state index in [0.717, 1.165) is 23.2 Å². The molecule has 3 heterocycles. The van der Waals surface area contributed by atoms with Crippen molar-refractivity contribution >= 4 is 11.6 Å². The molecule has 0 atom stereocenters. The molecule has 0 aliphatic rings. The zero-order valence-corrected chi connectivity index (χ0v) is 12.1. The average molecular weight is 285 g/mol. The first-order valence-electron chi connectivity index (χ1n) is 6.74. The predicted molar refractivity (Wildman–Crippen MR) is 79.4 cm³/mol. The third-order valence-electron chi connectivity index (χ3n) is 3.42. The third-order valence-corrected chi connectivity index (χ3v) is 3.42. The van der Waals surface area contributed by atoms with Crippen LogP contribution in [0, 0.1) is 12.7 Å². The van der Waals surface area contributed by atoms with E-state index in [-0.39, 0.29) is 11.6 Å². The Kier molecular flexibility index (Phi) is 3.08. The summed E-state index contributed by atoms with van der Waals surface area (Å²) in [5, 5.41) is 0. The summed E-state index contributed by atoms with van der Waals surface area (Å²) in [5.74, 6) is -0.126. The van der Waals surface area contributed by atoms with Crippen LogP contribution in [0.3, 0.4) is 0 Å². The lowest BCUT2D eigenvalue weighted by Gasteiger charge is -2.09. The molecule has 0 unspecified atom stereocenters. The molecule has 0 radical (unpaired) electrons. The summed E-state index contributed by atoms with van der Waals surface area (Å²) < 4.78 is 15.9. The number of fused-ring (bicyclic) bond motifs is 1. The standard InChI is InChI=1S/C15H16FN5/c1-8(2)14-9(3)19-12-5-4-10(7-21(12)14)13-11(16)6-18-15(17)20-13/h4-8H,1-3H3,(H2,17,18,20). The van der Waals surface area contributed by atoms with Crippen molar-refractivity contribution in [2.75, 3.05) is 5.73 Å². The summed E-state index contributed by atoms with van der Waals surface area (Å²) in [7, 11) is 0. The Bertz CT molecular complexity index is 822. The zero-order chi connectivity index (χ0) is 15.1. The number of imidazole rings is 1. The van der Waals surface area contributed by atoms with Gasteiger partial charge < -0.3 is 10.1 Å². The fraction of sp³-hybridized carbons (Fsp3) is 0.267. The van der Waals surface area contributed by atoms with Crippen molar-refractivity contribution in [1.29, 1.82) is 0 Å². The molecule has 6 heteroatoms. The van der Waals surface area contributed by atoms with Crippen LogP contribution in [-0.4, -0.2) is 19.4 Å². The Morgan fingerprint density at radius 2 is 2.00 bits per heavy atom. The normalized spacial score (nSPS) is 11.5. The van der Waals surface area contributed by atoms with Gasteiger partial charge in [0.2, 0.25) is 5.95 Å². The molecular formula is C15H16FN5. The second kappa shape index (κ2) is 4.80. The highest BCUT2D eigenvalue weighted by Crippen LogP contribution is 2.25. The van der Waals surface area contributed by atoms with Crippen molar-refractivity contribution in [3.63, 3.8) is 0 Å². The van der Waals surface area contributed by atoms with Gasteiger partial charge in [-0.2, -0.15) is 0 Å². The van der Waals surface area contributed by atoms with E-state index in [4.69, 9.17) is 5.73 Å². The van der Waals surface area contributed by atoms with E-state index in [0.29, 0.717) is 11.5 Å². The maximum Gasteiger partial charge on any atom is 0.220 e. The molecule has 0 aromatic carbocycles. The second-order valence-corrected chi connectivity index (χ2v) is 5.31. The lowest BCUT2D eigenvalue weighted by molar-refractivity contribution is 0.619. The van der Waals surface area contributed by atoms with Gasteiger partial charge in [-0.25, -0.2) is 19.3 Å². The number of nitrogen functional groups attached to an aromatic ring is 1. The van der Waals surface area contributed by atoms with E-state index >= 15 is 0 Å². The molecule has 0 spiro atoms. The maximum atomic E-state index is 13.9. The number of hydrogen-bond acceptors (Lipinski definition) is 4. The van der Waals surface area contributed by atoms with Gasteiger partial charge in [0.1, 0.15) is 11.3 Å². The molecule has 0 saturated heterocycles. The number of rotatable bonds is 2. The molecular weight excluding hydrogens is 269 g/mol. The molecule has 0 fully saturated rings. The van der Waals surface area contributed by atoms with Crippen LogP contribution in [0.4, 0.5) is 10.3 Å². The van der Waals surface area contributed by atoms with Crippen LogP contribution in [0.15, 0.2) is 24.5 Å². The molecule has 0 aliphatic heterocycles. The summed E-state index contributed by atoms with van der Waals surface area (Å²) in [6.07, 6.45) is 2.93. The van der Waals surface area contributed by atoms with Crippen molar-refractivity contribution in [2.24, 2.45) is 0 Å². The van der Waals surface area contributed by atoms with E-state index in [2.05, 4.69) is 28.8 Å². The number of pyridine rings is 1. The average Bonchev–Trinajstić information content (AvgIpc) is 2.76. The zero-order valence-electron chi connectivity index (χ0n) is 12.1. The van der Waals surface area contributed by atoms with Gasteiger partial charge in [-0.1, -0.05) is 13.8 Å². The quantitative estimate of drug-likeness (QED) is 0.786. The minimum atomic E-state index is -0.494. The van der Waals surface area contributed by atoms with Crippen LogP contribution >= 0.6 is 0 Å². The Balaban J connectivity index is 2.25. The predicted octanol–water partition coefficient (Wildman–Crippen LogP) is 2.94. The van der Waals surface area contributed by atoms with Crippen LogP contribution in [0.25, 0.3) is 16.9 Å². The lowest BCUT2D eigenvalue weighted by atomic mass is 10.1. The molecule has 5 nitrogen and oxygen atoms in total. The van der Waals surface area contributed by atoms with Crippen LogP contribution < -0.4 is 5.73 Å². The number of hydrogen-bond donors (Lipinski definition) is 1. The molecule has 0 amide bonds. The number of aromatic nitrogens is 4. The maximum absolute atomic E-state index is 13.9. The first kappa shape index (κ1) is 13.5. The van der Waals surface area contributed by atoms with E-state index in [9.17, 15) is 4.39 Å². The summed E-state index contributed by atoms with van der Waals surface area (Å²) in [6.45, 7) is 6.18. The summed E-state index contributed by atoms with van der Waals surface area (Å²) in [5.41, 5.74) is 9.32. The van der Waals surface area contributed by atoms with E-state index in [1.807, 2.05) is 23.6 Å². The van der Waals surface area contributed by atoms with Crippen molar-refractivity contribution in [2.45, 2.75) is 26.7 Å². The number of aryl methyl sites for hydroxylation is 1. The highest BCUT2D eigenvalue weighted by Gasteiger charge is 2.14. The minimum absolute atomic E-state index is 0.0531. The Morgan fingerprint density at radius 3 is 2.71 bits per heavy atom. The first-order valence-corrected chi connectivity index (χ1v) is 6.74. The van der Waals surface area contributed by atoms with Gasteiger partial charge in [-0.05, 0) is 25.0 Å². The topological polar surface area (TPSA) is 69.1 Å². The second-order valence-electron chi connectivity index (χ2n) is 5.31. The van der Waals surface area contributed by atoms with Gasteiger partial charge in [-0.3, -0.25) is 0 Å². The molecule has 3 rings (SSSR count). The number of nitrogens with two attached hydrogens (primary N) is 1. The summed E-state index contributed by atoms with van der Waals surface area (Å²) in [4.78, 5) is 12.2. The van der Waals surface area contributed by atoms with Gasteiger partial charge >= 0.3 is 0 Å². The molecule has 108 valence electrons. The molecule has 21 heavy (non-hydrogen) atoms. The van der Waals surface area contributed by atoms with Gasteiger partial charge in [0, 0.05) is 17.5 Å². The number of nitrogens with zero attached hydrogens (tertiary/aromatic N) is 4. The number of anilines is 1. The summed E-state index contributed by atoms with van der Waals surface area (Å²) in [6, 6.07) is 3.64. The van der Waals surface area contributed by atoms with Crippen LogP contribution in [-0.2, 0) is 0 Å². The Labute approximate surface area is 121 Å². The van der Waals surface area contributed by atoms with Gasteiger partial charge in [0.25, 0.3) is 0 Å². The molecule has 3 aromatic rings. The third kappa shape index (κ3) is 2.22. The molecule has 2 N–H and O–H groups in total. The molecule has 0 saturated carbocycles. The lowest BCUT2D eigenvalue weighted by Crippen LogP contribution is -2.01. The Morgan fingerprint density at radius 1 is 1.24 bits per heavy atom. The van der Waals surface area contributed by atoms with Gasteiger partial charge in [-0.15, -0.1) is 0 Å². The van der Waals surface area contributed by atoms with Crippen molar-refractivity contribution < 1.29 is 4.39 Å². The molecule has 0 bridgehead atoms.